The number of ether oxygens (including phenoxy) is 1. The minimum absolute atomic E-state index is 0.0310. The van der Waals surface area contributed by atoms with Crippen LogP contribution in [0.3, 0.4) is 0 Å². The van der Waals surface area contributed by atoms with E-state index in [2.05, 4.69) is 10.1 Å². The van der Waals surface area contributed by atoms with Crippen LogP contribution in [0, 0.1) is 5.92 Å². The van der Waals surface area contributed by atoms with Crippen molar-refractivity contribution in [2.75, 3.05) is 24.3 Å². The number of nitrogens with zero attached hydrogens (tertiary/aromatic N) is 4. The van der Waals surface area contributed by atoms with E-state index in [1.807, 2.05) is 32.9 Å². The maximum Gasteiger partial charge on any atom is 0.330 e. The Morgan fingerprint density at radius 2 is 1.91 bits per heavy atom. The van der Waals surface area contributed by atoms with Crippen LogP contribution >= 0.6 is 0 Å². The summed E-state index contributed by atoms with van der Waals surface area (Å²) < 4.78 is 8.03. The summed E-state index contributed by atoms with van der Waals surface area (Å²) in [5.41, 5.74) is 5.83. The number of rotatable bonds is 9. The van der Waals surface area contributed by atoms with Gasteiger partial charge in [0.05, 0.1) is 12.8 Å². The van der Waals surface area contributed by atoms with E-state index in [4.69, 9.17) is 10.5 Å². The van der Waals surface area contributed by atoms with Crippen LogP contribution in [0.25, 0.3) is 5.69 Å². The summed E-state index contributed by atoms with van der Waals surface area (Å²) in [6.07, 6.45) is 3.11. The lowest BCUT2D eigenvalue weighted by Gasteiger charge is -2.24. The molecule has 176 valence electrons. The second kappa shape index (κ2) is 10.2. The second-order valence-electron chi connectivity index (χ2n) is 8.15. The van der Waals surface area contributed by atoms with Crippen molar-refractivity contribution in [3.05, 3.63) is 63.1 Å². The molecule has 0 aliphatic rings. The van der Waals surface area contributed by atoms with Gasteiger partial charge >= 0.3 is 5.69 Å². The quantitative estimate of drug-likeness (QED) is 0.511. The van der Waals surface area contributed by atoms with Gasteiger partial charge in [-0.3, -0.25) is 24.0 Å². The summed E-state index contributed by atoms with van der Waals surface area (Å²) in [4.78, 5) is 42.1. The predicted molar refractivity (Wildman–Crippen MR) is 127 cm³/mol. The normalized spacial score (nSPS) is 11.1. The van der Waals surface area contributed by atoms with Crippen LogP contribution in [0.5, 0.6) is 5.75 Å². The minimum atomic E-state index is -0.698. The molecule has 10 nitrogen and oxygen atoms in total. The van der Waals surface area contributed by atoms with Crippen LogP contribution in [0.1, 0.15) is 44.1 Å². The number of anilines is 2. The highest BCUT2D eigenvalue weighted by molar-refractivity contribution is 6.06. The highest BCUT2D eigenvalue weighted by Crippen LogP contribution is 2.21. The van der Waals surface area contributed by atoms with E-state index in [1.165, 1.54) is 9.47 Å². The van der Waals surface area contributed by atoms with Crippen molar-refractivity contribution >= 4 is 17.4 Å². The lowest BCUT2D eigenvalue weighted by molar-refractivity contribution is 0.0981. The van der Waals surface area contributed by atoms with Crippen molar-refractivity contribution in [3.8, 4) is 11.4 Å². The largest absolute Gasteiger partial charge is 0.497 e. The lowest BCUT2D eigenvalue weighted by atomic mass is 10.2. The van der Waals surface area contributed by atoms with Gasteiger partial charge < -0.3 is 10.5 Å². The number of nitrogens with one attached hydrogen (secondary N) is 1. The summed E-state index contributed by atoms with van der Waals surface area (Å²) in [6, 6.07) is 8.81. The van der Waals surface area contributed by atoms with Gasteiger partial charge in [-0.1, -0.05) is 27.2 Å². The van der Waals surface area contributed by atoms with E-state index in [1.54, 1.807) is 36.2 Å². The van der Waals surface area contributed by atoms with Crippen molar-refractivity contribution in [1.29, 1.82) is 0 Å². The number of benzene rings is 1. The van der Waals surface area contributed by atoms with Crippen LogP contribution in [-0.4, -0.2) is 38.9 Å². The summed E-state index contributed by atoms with van der Waals surface area (Å²) in [5, 5.41) is 4.40. The number of methoxy groups -OCH3 is 1. The smallest absolute Gasteiger partial charge is 0.330 e. The third-order valence-corrected chi connectivity index (χ3v) is 5.16. The molecule has 1 amide bonds. The standard InChI is InChI=1S/C23H30N6O4/c1-5-6-12-27(19-20(24)28(14-15(2)3)23(32)25-21(19)30)22(31)18-11-13-29(26-18)16-7-9-17(33-4)10-8-16/h7-11,13,15H,5-6,12,14,24H2,1-4H3,(H,25,30,32). The molecule has 1 aromatic carbocycles. The number of nitrogen functional groups attached to an aromatic ring is 1. The van der Waals surface area contributed by atoms with Crippen molar-refractivity contribution in [2.24, 2.45) is 5.92 Å². The fraction of sp³-hybridized carbons (Fsp3) is 0.391. The van der Waals surface area contributed by atoms with E-state index < -0.39 is 17.2 Å². The highest BCUT2D eigenvalue weighted by Gasteiger charge is 2.26. The number of unbranched alkanes of at least 4 members (excludes halogenated alkanes) is 1. The number of aromatic amines is 1. The molecule has 0 saturated heterocycles. The van der Waals surface area contributed by atoms with Gasteiger partial charge in [-0.25, -0.2) is 9.48 Å². The molecule has 3 N–H and O–H groups in total. The van der Waals surface area contributed by atoms with E-state index in [9.17, 15) is 14.4 Å². The number of hydrogen-bond acceptors (Lipinski definition) is 6. The first-order valence-corrected chi connectivity index (χ1v) is 10.9. The molecule has 0 aliphatic heterocycles. The molecule has 33 heavy (non-hydrogen) atoms. The van der Waals surface area contributed by atoms with Gasteiger partial charge in [0.1, 0.15) is 11.6 Å². The van der Waals surface area contributed by atoms with E-state index in [-0.39, 0.29) is 29.7 Å². The number of carbonyl (C=O) groups is 1. The number of aromatic nitrogens is 4. The molecular weight excluding hydrogens is 424 g/mol. The maximum absolute atomic E-state index is 13.5. The van der Waals surface area contributed by atoms with Crippen LogP contribution < -0.4 is 26.6 Å². The summed E-state index contributed by atoms with van der Waals surface area (Å²) >= 11 is 0. The van der Waals surface area contributed by atoms with E-state index >= 15 is 0 Å². The second-order valence-corrected chi connectivity index (χ2v) is 8.15. The third-order valence-electron chi connectivity index (χ3n) is 5.16. The van der Waals surface area contributed by atoms with Gasteiger partial charge in [-0.15, -0.1) is 0 Å². The molecule has 0 spiro atoms. The van der Waals surface area contributed by atoms with Crippen LogP contribution in [0.2, 0.25) is 0 Å². The Kier molecular flexibility index (Phi) is 7.37. The Hall–Kier alpha value is -3.82. The van der Waals surface area contributed by atoms with Crippen molar-refractivity contribution in [2.45, 2.75) is 40.2 Å². The van der Waals surface area contributed by atoms with E-state index in [0.29, 0.717) is 18.7 Å². The molecule has 2 aromatic heterocycles. The molecule has 3 aromatic rings. The summed E-state index contributed by atoms with van der Waals surface area (Å²) in [7, 11) is 1.59. The molecule has 0 saturated carbocycles. The van der Waals surface area contributed by atoms with Crippen molar-refractivity contribution in [1.82, 2.24) is 19.3 Å². The zero-order valence-corrected chi connectivity index (χ0v) is 19.4. The topological polar surface area (TPSA) is 128 Å². The van der Waals surface area contributed by atoms with Crippen LogP contribution in [0.4, 0.5) is 11.5 Å². The van der Waals surface area contributed by atoms with Crippen molar-refractivity contribution in [3.63, 3.8) is 0 Å². The molecule has 0 unspecified atom stereocenters. The fourth-order valence-corrected chi connectivity index (χ4v) is 3.47. The molecule has 0 radical (unpaired) electrons. The first kappa shape index (κ1) is 23.8. The number of hydrogen-bond donors (Lipinski definition) is 2. The molecule has 0 atom stereocenters. The number of carbonyl (C=O) groups excluding carboxylic acids is 1. The third kappa shape index (κ3) is 5.16. The number of amides is 1. The average Bonchev–Trinajstić information content (AvgIpc) is 3.28. The molecule has 3 rings (SSSR count). The summed E-state index contributed by atoms with van der Waals surface area (Å²) in [5.74, 6) is 0.321. The molecule has 0 bridgehead atoms. The maximum atomic E-state index is 13.5. The van der Waals surface area contributed by atoms with Crippen LogP contribution in [0.15, 0.2) is 46.1 Å². The monoisotopic (exact) mass is 454 g/mol. The molecule has 0 fully saturated rings. The predicted octanol–water partition coefficient (Wildman–Crippen LogP) is 2.42. The Balaban J connectivity index is 2.02. The first-order valence-electron chi connectivity index (χ1n) is 10.9. The van der Waals surface area contributed by atoms with Gasteiger partial charge in [-0.2, -0.15) is 5.10 Å². The Labute approximate surface area is 191 Å². The fourth-order valence-electron chi connectivity index (χ4n) is 3.47. The molecular formula is C23H30N6O4. The van der Waals surface area contributed by atoms with Crippen LogP contribution in [-0.2, 0) is 6.54 Å². The molecule has 10 heteroatoms. The van der Waals surface area contributed by atoms with Gasteiger partial charge in [0.2, 0.25) is 0 Å². The zero-order valence-electron chi connectivity index (χ0n) is 19.4. The SMILES string of the molecule is CCCCN(C(=O)c1ccn(-c2ccc(OC)cc2)n1)c1c(N)n(CC(C)C)c(=O)[nH]c1=O. The zero-order chi connectivity index (χ0) is 24.1. The molecule has 2 heterocycles. The Morgan fingerprint density at radius 1 is 1.21 bits per heavy atom. The lowest BCUT2D eigenvalue weighted by Crippen LogP contribution is -2.42. The number of nitrogens with two attached hydrogens (primary N) is 1. The minimum Gasteiger partial charge on any atom is -0.497 e. The average molecular weight is 455 g/mol. The molecule has 0 aliphatic carbocycles. The van der Waals surface area contributed by atoms with Gasteiger partial charge in [0.25, 0.3) is 11.5 Å². The Bertz CT molecular complexity index is 1220. The first-order chi connectivity index (χ1) is 15.8. The van der Waals surface area contributed by atoms with Gasteiger partial charge in [0.15, 0.2) is 11.4 Å². The summed E-state index contributed by atoms with van der Waals surface area (Å²) in [6.45, 7) is 6.42. The van der Waals surface area contributed by atoms with Crippen molar-refractivity contribution < 1.29 is 9.53 Å². The van der Waals surface area contributed by atoms with Gasteiger partial charge in [0, 0.05) is 19.3 Å². The number of H-pyrrole nitrogens is 1. The van der Waals surface area contributed by atoms with Gasteiger partial charge in [-0.05, 0) is 42.7 Å². The highest BCUT2D eigenvalue weighted by atomic mass is 16.5. The Morgan fingerprint density at radius 3 is 2.52 bits per heavy atom. The van der Waals surface area contributed by atoms with E-state index in [0.717, 1.165) is 12.1 Å².